The zero-order valence-electron chi connectivity index (χ0n) is 8.74. The standard InChI is InChI=1S/C11H9F2NO3/c12-7-4-6-9(5-8(7)13)14(2-1-3-15)11(17)10(6)16/h4-5,15H,1-3H2. The lowest BCUT2D eigenvalue weighted by Gasteiger charge is -2.15. The molecule has 0 bridgehead atoms. The van der Waals surface area contributed by atoms with E-state index in [0.29, 0.717) is 0 Å². The minimum absolute atomic E-state index is 0.0624. The number of rotatable bonds is 3. The van der Waals surface area contributed by atoms with Crippen LogP contribution in [0.2, 0.25) is 0 Å². The summed E-state index contributed by atoms with van der Waals surface area (Å²) in [5.74, 6) is -3.94. The molecule has 1 N–H and O–H groups in total. The molecule has 4 nitrogen and oxygen atoms in total. The minimum atomic E-state index is -1.16. The number of amides is 1. The first-order valence-electron chi connectivity index (χ1n) is 5.02. The van der Waals surface area contributed by atoms with Crippen LogP contribution in [0.3, 0.4) is 0 Å². The molecule has 6 heteroatoms. The Morgan fingerprint density at radius 2 is 1.82 bits per heavy atom. The third-order valence-electron chi connectivity index (χ3n) is 2.55. The largest absolute Gasteiger partial charge is 0.396 e. The van der Waals surface area contributed by atoms with Gasteiger partial charge in [0.15, 0.2) is 11.6 Å². The fraction of sp³-hybridized carbons (Fsp3) is 0.273. The summed E-state index contributed by atoms with van der Waals surface area (Å²) in [7, 11) is 0. The molecule has 1 aliphatic rings. The first-order chi connectivity index (χ1) is 8.06. The number of carbonyl (C=O) groups excluding carboxylic acids is 2. The van der Waals surface area contributed by atoms with Crippen LogP contribution in [-0.4, -0.2) is 29.9 Å². The van der Waals surface area contributed by atoms with Gasteiger partial charge in [0, 0.05) is 19.2 Å². The summed E-state index contributed by atoms with van der Waals surface area (Å²) in [6.07, 6.45) is 0.261. The maximum atomic E-state index is 13.1. The highest BCUT2D eigenvalue weighted by atomic mass is 19.2. The van der Waals surface area contributed by atoms with Crippen molar-refractivity contribution in [3.05, 3.63) is 29.3 Å². The quantitative estimate of drug-likeness (QED) is 0.799. The second-order valence-corrected chi connectivity index (χ2v) is 3.65. The van der Waals surface area contributed by atoms with Gasteiger partial charge in [-0.1, -0.05) is 0 Å². The number of fused-ring (bicyclic) bond motifs is 1. The van der Waals surface area contributed by atoms with Crippen LogP contribution in [0.25, 0.3) is 0 Å². The van der Waals surface area contributed by atoms with Crippen LogP contribution in [0.5, 0.6) is 0 Å². The molecule has 1 amide bonds. The molecular formula is C11H9F2NO3. The number of Topliss-reactive ketones (excluding diaryl/α,β-unsaturated/α-hetero) is 1. The topological polar surface area (TPSA) is 57.6 Å². The molecule has 1 aromatic carbocycles. The monoisotopic (exact) mass is 241 g/mol. The van der Waals surface area contributed by atoms with E-state index < -0.39 is 23.3 Å². The summed E-state index contributed by atoms with van der Waals surface area (Å²) in [6, 6.07) is 1.55. The SMILES string of the molecule is O=C1C(=O)N(CCCO)c2cc(F)c(F)cc21. The van der Waals surface area contributed by atoms with Gasteiger partial charge in [0.1, 0.15) is 0 Å². The molecule has 1 heterocycles. The van der Waals surface area contributed by atoms with Gasteiger partial charge >= 0.3 is 0 Å². The Balaban J connectivity index is 2.45. The number of aliphatic hydroxyl groups excluding tert-OH is 1. The molecule has 17 heavy (non-hydrogen) atoms. The highest BCUT2D eigenvalue weighted by Crippen LogP contribution is 2.30. The smallest absolute Gasteiger partial charge is 0.299 e. The first kappa shape index (κ1) is 11.7. The average molecular weight is 241 g/mol. The Kier molecular flexibility index (Phi) is 2.89. The van der Waals surface area contributed by atoms with E-state index in [-0.39, 0.29) is 30.8 Å². The van der Waals surface area contributed by atoms with Crippen LogP contribution in [0, 0.1) is 11.6 Å². The molecule has 0 aromatic heterocycles. The molecular weight excluding hydrogens is 232 g/mol. The van der Waals surface area contributed by atoms with Crippen molar-refractivity contribution in [2.45, 2.75) is 6.42 Å². The molecule has 90 valence electrons. The van der Waals surface area contributed by atoms with E-state index in [1.54, 1.807) is 0 Å². The molecule has 0 fully saturated rings. The van der Waals surface area contributed by atoms with Crippen LogP contribution in [0.4, 0.5) is 14.5 Å². The molecule has 0 atom stereocenters. The second-order valence-electron chi connectivity index (χ2n) is 3.65. The van der Waals surface area contributed by atoms with Gasteiger partial charge in [0.2, 0.25) is 0 Å². The van der Waals surface area contributed by atoms with Gasteiger partial charge < -0.3 is 10.0 Å². The second kappa shape index (κ2) is 4.21. The van der Waals surface area contributed by atoms with Crippen LogP contribution >= 0.6 is 0 Å². The fourth-order valence-electron chi connectivity index (χ4n) is 1.74. The van der Waals surface area contributed by atoms with Crippen molar-refractivity contribution in [3.8, 4) is 0 Å². The molecule has 0 unspecified atom stereocenters. The summed E-state index contributed by atoms with van der Waals surface area (Å²) in [4.78, 5) is 24.1. The Morgan fingerprint density at radius 1 is 1.18 bits per heavy atom. The summed E-state index contributed by atoms with van der Waals surface area (Å²) in [5.41, 5.74) is -0.0702. The Morgan fingerprint density at radius 3 is 2.47 bits per heavy atom. The summed E-state index contributed by atoms with van der Waals surface area (Å²) >= 11 is 0. The molecule has 0 aliphatic carbocycles. The van der Waals surface area contributed by atoms with Crippen molar-refractivity contribution in [3.63, 3.8) is 0 Å². The van der Waals surface area contributed by atoms with Gasteiger partial charge in [-0.2, -0.15) is 0 Å². The predicted octanol–water partition coefficient (Wildman–Crippen LogP) is 0.877. The van der Waals surface area contributed by atoms with Gasteiger partial charge in [0.05, 0.1) is 11.3 Å². The molecule has 0 saturated carbocycles. The van der Waals surface area contributed by atoms with Gasteiger partial charge in [-0.05, 0) is 12.5 Å². The van der Waals surface area contributed by atoms with E-state index in [1.807, 2.05) is 0 Å². The Labute approximate surface area is 95.5 Å². The maximum absolute atomic E-state index is 13.1. The van der Waals surface area contributed by atoms with E-state index >= 15 is 0 Å². The lowest BCUT2D eigenvalue weighted by Crippen LogP contribution is -2.31. The molecule has 2 rings (SSSR count). The summed E-state index contributed by atoms with van der Waals surface area (Å²) < 4.78 is 26.0. The van der Waals surface area contributed by atoms with Crippen LogP contribution in [0.1, 0.15) is 16.8 Å². The lowest BCUT2D eigenvalue weighted by atomic mass is 10.1. The first-order valence-corrected chi connectivity index (χ1v) is 5.02. The van der Waals surface area contributed by atoms with Crippen molar-refractivity contribution >= 4 is 17.4 Å². The van der Waals surface area contributed by atoms with Gasteiger partial charge in [0.25, 0.3) is 11.7 Å². The number of aliphatic hydroxyl groups is 1. The number of anilines is 1. The lowest BCUT2D eigenvalue weighted by molar-refractivity contribution is -0.114. The number of ketones is 1. The molecule has 0 spiro atoms. The Hall–Kier alpha value is -1.82. The van der Waals surface area contributed by atoms with Gasteiger partial charge in [-0.15, -0.1) is 0 Å². The summed E-state index contributed by atoms with van der Waals surface area (Å²) in [5, 5.41) is 8.67. The fourth-order valence-corrected chi connectivity index (χ4v) is 1.74. The molecule has 0 radical (unpaired) electrons. The van der Waals surface area contributed by atoms with E-state index in [9.17, 15) is 18.4 Å². The number of nitrogens with zero attached hydrogens (tertiary/aromatic N) is 1. The van der Waals surface area contributed by atoms with Crippen LogP contribution in [0.15, 0.2) is 12.1 Å². The van der Waals surface area contributed by atoms with Gasteiger partial charge in [-0.3, -0.25) is 9.59 Å². The van der Waals surface area contributed by atoms with E-state index in [1.165, 1.54) is 0 Å². The number of benzene rings is 1. The highest BCUT2D eigenvalue weighted by molar-refractivity contribution is 6.52. The van der Waals surface area contributed by atoms with E-state index in [4.69, 9.17) is 5.11 Å². The number of hydrogen-bond acceptors (Lipinski definition) is 3. The van der Waals surface area contributed by atoms with Crippen molar-refractivity contribution < 1.29 is 23.5 Å². The third kappa shape index (κ3) is 1.80. The number of carbonyl (C=O) groups is 2. The predicted molar refractivity (Wildman–Crippen MR) is 54.7 cm³/mol. The van der Waals surface area contributed by atoms with Gasteiger partial charge in [-0.25, -0.2) is 8.78 Å². The third-order valence-corrected chi connectivity index (χ3v) is 2.55. The average Bonchev–Trinajstić information content (AvgIpc) is 2.52. The molecule has 1 aromatic rings. The van der Waals surface area contributed by atoms with Crippen molar-refractivity contribution in [2.75, 3.05) is 18.1 Å². The summed E-state index contributed by atoms with van der Waals surface area (Å²) in [6.45, 7) is -0.0594. The normalized spacial score (nSPS) is 14.4. The van der Waals surface area contributed by atoms with Crippen LogP contribution in [-0.2, 0) is 4.79 Å². The van der Waals surface area contributed by atoms with Crippen molar-refractivity contribution in [2.24, 2.45) is 0 Å². The van der Waals surface area contributed by atoms with Crippen molar-refractivity contribution in [1.29, 1.82) is 0 Å². The van der Waals surface area contributed by atoms with Crippen molar-refractivity contribution in [1.82, 2.24) is 0 Å². The van der Waals surface area contributed by atoms with E-state index in [2.05, 4.69) is 0 Å². The maximum Gasteiger partial charge on any atom is 0.299 e. The zero-order valence-corrected chi connectivity index (χ0v) is 8.74. The molecule has 1 aliphatic heterocycles. The number of hydrogen-bond donors (Lipinski definition) is 1. The van der Waals surface area contributed by atoms with E-state index in [0.717, 1.165) is 17.0 Å². The minimum Gasteiger partial charge on any atom is -0.396 e. The highest BCUT2D eigenvalue weighted by Gasteiger charge is 2.36. The zero-order chi connectivity index (χ0) is 12.6. The Bertz CT molecular complexity index is 502. The number of halogens is 2. The molecule has 0 saturated heterocycles. The van der Waals surface area contributed by atoms with Crippen LogP contribution < -0.4 is 4.90 Å².